The first-order valence-electron chi connectivity index (χ1n) is 7.28. The van der Waals surface area contributed by atoms with E-state index in [9.17, 15) is 0 Å². The van der Waals surface area contributed by atoms with Crippen LogP contribution in [0.1, 0.15) is 59.8 Å². The molecule has 96 valence electrons. The maximum Gasteiger partial charge on any atom is -0.00203 e. The van der Waals surface area contributed by atoms with Crippen LogP contribution in [0.5, 0.6) is 0 Å². The Morgan fingerprint density at radius 3 is 2.31 bits per heavy atom. The first-order chi connectivity index (χ1) is 7.58. The van der Waals surface area contributed by atoms with E-state index in [0.717, 1.165) is 23.7 Å². The van der Waals surface area contributed by atoms with E-state index in [1.165, 1.54) is 45.2 Å². The van der Waals surface area contributed by atoms with Crippen molar-refractivity contribution < 1.29 is 0 Å². The summed E-state index contributed by atoms with van der Waals surface area (Å²) in [4.78, 5) is 0. The molecular formula is C15H31N. The predicted octanol–water partition coefficient (Wildman–Crippen LogP) is 4.08. The van der Waals surface area contributed by atoms with Crippen LogP contribution in [-0.4, -0.2) is 13.1 Å². The zero-order valence-electron chi connectivity index (χ0n) is 11.8. The summed E-state index contributed by atoms with van der Waals surface area (Å²) in [7, 11) is 0. The van der Waals surface area contributed by atoms with Crippen LogP contribution in [-0.2, 0) is 0 Å². The quantitative estimate of drug-likeness (QED) is 0.718. The fraction of sp³-hybridized carbons (Fsp3) is 1.00. The number of nitrogens with one attached hydrogen (secondary N) is 1. The molecule has 1 fully saturated rings. The lowest BCUT2D eigenvalue weighted by Crippen LogP contribution is -2.29. The van der Waals surface area contributed by atoms with Gasteiger partial charge < -0.3 is 5.32 Å². The van der Waals surface area contributed by atoms with E-state index in [1.54, 1.807) is 0 Å². The van der Waals surface area contributed by atoms with Gasteiger partial charge in [-0.15, -0.1) is 0 Å². The average molecular weight is 225 g/mol. The molecule has 1 nitrogen and oxygen atoms in total. The highest BCUT2D eigenvalue weighted by Gasteiger charge is 2.22. The third-order valence-corrected chi connectivity index (χ3v) is 3.68. The predicted molar refractivity (Wildman–Crippen MR) is 72.6 cm³/mol. The average Bonchev–Trinajstić information content (AvgIpc) is 2.16. The lowest BCUT2D eigenvalue weighted by atomic mass is 9.78. The Morgan fingerprint density at radius 2 is 1.69 bits per heavy atom. The maximum atomic E-state index is 3.63. The minimum absolute atomic E-state index is 0.787. The third-order valence-electron chi connectivity index (χ3n) is 3.68. The van der Waals surface area contributed by atoms with Crippen LogP contribution in [0.3, 0.4) is 0 Å². The standard InChI is InChI=1S/C15H31N/c1-12(2)8-14-6-5-7-15(9-14)11-16-10-13(3)4/h12-16H,5-11H2,1-4H3. The van der Waals surface area contributed by atoms with Crippen molar-refractivity contribution in [2.45, 2.75) is 59.8 Å². The second-order valence-corrected chi connectivity index (χ2v) is 6.58. The molecule has 1 heteroatoms. The fourth-order valence-electron chi connectivity index (χ4n) is 3.04. The van der Waals surface area contributed by atoms with Crippen molar-refractivity contribution in [3.05, 3.63) is 0 Å². The summed E-state index contributed by atoms with van der Waals surface area (Å²) in [5.41, 5.74) is 0. The summed E-state index contributed by atoms with van der Waals surface area (Å²) in [6, 6.07) is 0. The second-order valence-electron chi connectivity index (χ2n) is 6.58. The van der Waals surface area contributed by atoms with Crippen LogP contribution < -0.4 is 5.32 Å². The summed E-state index contributed by atoms with van der Waals surface area (Å²) in [5.74, 6) is 3.64. The van der Waals surface area contributed by atoms with Gasteiger partial charge in [0.15, 0.2) is 0 Å². The molecule has 16 heavy (non-hydrogen) atoms. The van der Waals surface area contributed by atoms with E-state index in [0.29, 0.717) is 0 Å². The zero-order chi connectivity index (χ0) is 12.0. The molecule has 0 radical (unpaired) electrons. The molecule has 0 heterocycles. The van der Waals surface area contributed by atoms with E-state index in [2.05, 4.69) is 33.0 Å². The SMILES string of the molecule is CC(C)CNCC1CCCC(CC(C)C)C1. The van der Waals surface area contributed by atoms with Gasteiger partial charge >= 0.3 is 0 Å². The molecule has 0 aromatic heterocycles. The van der Waals surface area contributed by atoms with Gasteiger partial charge in [-0.3, -0.25) is 0 Å². The minimum atomic E-state index is 0.787. The molecule has 1 saturated carbocycles. The molecule has 0 aromatic rings. The summed E-state index contributed by atoms with van der Waals surface area (Å²) in [6.45, 7) is 11.7. The molecule has 1 aliphatic carbocycles. The molecule has 0 bridgehead atoms. The Balaban J connectivity index is 2.17. The van der Waals surface area contributed by atoms with E-state index < -0.39 is 0 Å². The van der Waals surface area contributed by atoms with Gasteiger partial charge in [-0.25, -0.2) is 0 Å². The normalized spacial score (nSPS) is 26.6. The zero-order valence-corrected chi connectivity index (χ0v) is 11.8. The molecule has 2 unspecified atom stereocenters. The largest absolute Gasteiger partial charge is 0.316 e. The number of hydrogen-bond donors (Lipinski definition) is 1. The molecule has 0 aromatic carbocycles. The highest BCUT2D eigenvalue weighted by molar-refractivity contribution is 4.75. The van der Waals surface area contributed by atoms with Gasteiger partial charge in [-0.2, -0.15) is 0 Å². The lowest BCUT2D eigenvalue weighted by molar-refractivity contribution is 0.230. The Morgan fingerprint density at radius 1 is 1.00 bits per heavy atom. The van der Waals surface area contributed by atoms with Crippen molar-refractivity contribution in [3.63, 3.8) is 0 Å². The van der Waals surface area contributed by atoms with Crippen LogP contribution in [0, 0.1) is 23.7 Å². The molecule has 1 rings (SSSR count). The summed E-state index contributed by atoms with van der Waals surface area (Å²) in [5, 5.41) is 3.63. The van der Waals surface area contributed by atoms with Crippen LogP contribution >= 0.6 is 0 Å². The van der Waals surface area contributed by atoms with Gasteiger partial charge in [0.2, 0.25) is 0 Å². The van der Waals surface area contributed by atoms with Crippen molar-refractivity contribution in [1.82, 2.24) is 5.32 Å². The first-order valence-corrected chi connectivity index (χ1v) is 7.28. The summed E-state index contributed by atoms with van der Waals surface area (Å²) >= 11 is 0. The Labute approximate surface area is 102 Å². The van der Waals surface area contributed by atoms with Crippen LogP contribution in [0.2, 0.25) is 0 Å². The molecule has 1 N–H and O–H groups in total. The lowest BCUT2D eigenvalue weighted by Gasteiger charge is -2.30. The van der Waals surface area contributed by atoms with Gasteiger partial charge in [-0.05, 0) is 56.0 Å². The highest BCUT2D eigenvalue weighted by atomic mass is 14.9. The van der Waals surface area contributed by atoms with Crippen LogP contribution in [0.25, 0.3) is 0 Å². The first kappa shape index (κ1) is 14.0. The minimum Gasteiger partial charge on any atom is -0.316 e. The highest BCUT2D eigenvalue weighted by Crippen LogP contribution is 2.32. The monoisotopic (exact) mass is 225 g/mol. The molecule has 0 amide bonds. The van der Waals surface area contributed by atoms with Crippen molar-refractivity contribution in [2.24, 2.45) is 23.7 Å². The van der Waals surface area contributed by atoms with Crippen molar-refractivity contribution in [1.29, 1.82) is 0 Å². The van der Waals surface area contributed by atoms with E-state index in [-0.39, 0.29) is 0 Å². The van der Waals surface area contributed by atoms with E-state index in [1.807, 2.05) is 0 Å². The molecule has 0 saturated heterocycles. The topological polar surface area (TPSA) is 12.0 Å². The number of rotatable bonds is 6. The van der Waals surface area contributed by atoms with Crippen molar-refractivity contribution in [3.8, 4) is 0 Å². The molecule has 2 atom stereocenters. The van der Waals surface area contributed by atoms with Gasteiger partial charge in [0.1, 0.15) is 0 Å². The van der Waals surface area contributed by atoms with Gasteiger partial charge in [-0.1, -0.05) is 40.5 Å². The maximum absolute atomic E-state index is 3.63. The van der Waals surface area contributed by atoms with E-state index in [4.69, 9.17) is 0 Å². The van der Waals surface area contributed by atoms with Gasteiger partial charge in [0, 0.05) is 0 Å². The molecular weight excluding hydrogens is 194 g/mol. The van der Waals surface area contributed by atoms with E-state index >= 15 is 0 Å². The van der Waals surface area contributed by atoms with Crippen molar-refractivity contribution >= 4 is 0 Å². The van der Waals surface area contributed by atoms with Crippen molar-refractivity contribution in [2.75, 3.05) is 13.1 Å². The Bertz CT molecular complexity index is 174. The molecule has 1 aliphatic rings. The fourth-order valence-corrected chi connectivity index (χ4v) is 3.04. The molecule has 0 spiro atoms. The molecule has 0 aliphatic heterocycles. The third kappa shape index (κ3) is 5.89. The second kappa shape index (κ2) is 7.32. The van der Waals surface area contributed by atoms with Gasteiger partial charge in [0.25, 0.3) is 0 Å². The Kier molecular flexibility index (Phi) is 6.41. The summed E-state index contributed by atoms with van der Waals surface area (Å²) < 4.78 is 0. The Hall–Kier alpha value is -0.0400. The van der Waals surface area contributed by atoms with Crippen LogP contribution in [0.15, 0.2) is 0 Å². The van der Waals surface area contributed by atoms with Gasteiger partial charge in [0.05, 0.1) is 0 Å². The van der Waals surface area contributed by atoms with Crippen LogP contribution in [0.4, 0.5) is 0 Å². The smallest absolute Gasteiger partial charge is 0.00203 e. The summed E-state index contributed by atoms with van der Waals surface area (Å²) in [6.07, 6.45) is 7.33. The number of hydrogen-bond acceptors (Lipinski definition) is 1.